The molecule has 8 heteroatoms. The molecule has 0 bridgehead atoms. The van der Waals surface area contributed by atoms with Crippen molar-refractivity contribution in [1.82, 2.24) is 29.3 Å². The summed E-state index contributed by atoms with van der Waals surface area (Å²) in [5.41, 5.74) is 4.35. The molecule has 0 radical (unpaired) electrons. The van der Waals surface area contributed by atoms with Crippen LogP contribution < -0.4 is 5.32 Å². The second-order valence-corrected chi connectivity index (χ2v) is 7.14. The highest BCUT2D eigenvalue weighted by molar-refractivity contribution is 5.74. The maximum atomic E-state index is 8.85. The number of hydrogen-bond acceptors (Lipinski definition) is 6. The molecule has 1 fully saturated rings. The number of nitrogens with one attached hydrogen (secondary N) is 2. The van der Waals surface area contributed by atoms with Crippen molar-refractivity contribution in [2.45, 2.75) is 31.7 Å². The van der Waals surface area contributed by atoms with Crippen molar-refractivity contribution < 1.29 is 0 Å². The number of aromatic amines is 1. The van der Waals surface area contributed by atoms with Crippen LogP contribution in [-0.4, -0.2) is 35.4 Å². The molecule has 1 unspecified atom stereocenters. The van der Waals surface area contributed by atoms with Crippen LogP contribution in [0.5, 0.6) is 0 Å². The summed E-state index contributed by atoms with van der Waals surface area (Å²) in [5.74, 6) is 1.61. The largest absolute Gasteiger partial charge is 0.366 e. The summed E-state index contributed by atoms with van der Waals surface area (Å²) < 4.78 is 2.21. The molecule has 2 N–H and O–H groups in total. The minimum absolute atomic E-state index is 0.307. The van der Waals surface area contributed by atoms with Crippen molar-refractivity contribution in [2.24, 2.45) is 5.92 Å². The summed E-state index contributed by atoms with van der Waals surface area (Å²) in [6, 6.07) is 4.34. The van der Waals surface area contributed by atoms with Crippen LogP contribution >= 0.6 is 0 Å². The first-order chi connectivity index (χ1) is 13.2. The standard InChI is InChI=1S/C19H18N8/c1-11-4-12(26-17-9-22-13(6-20)7-23-17)5-14(11)16-8-24-18-10-25-19-15(27(16)18)2-3-21-19/h2-3,7-12,14,21H,4-5H2,1H3,(H,23,26)/t11-,12?,14-/m0/s1. The van der Waals surface area contributed by atoms with Gasteiger partial charge in [0.15, 0.2) is 17.0 Å². The molecule has 3 atom stereocenters. The van der Waals surface area contributed by atoms with E-state index in [2.05, 4.69) is 41.6 Å². The number of nitriles is 1. The van der Waals surface area contributed by atoms with E-state index in [4.69, 9.17) is 5.26 Å². The van der Waals surface area contributed by atoms with Crippen molar-refractivity contribution >= 4 is 22.6 Å². The summed E-state index contributed by atoms with van der Waals surface area (Å²) in [4.78, 5) is 20.5. The van der Waals surface area contributed by atoms with E-state index < -0.39 is 0 Å². The minimum Gasteiger partial charge on any atom is -0.366 e. The lowest BCUT2D eigenvalue weighted by molar-refractivity contribution is 0.520. The first-order valence-electron chi connectivity index (χ1n) is 9.01. The number of hydrogen-bond donors (Lipinski definition) is 2. The molecule has 1 saturated carbocycles. The first kappa shape index (κ1) is 15.8. The molecule has 1 aliphatic carbocycles. The summed E-state index contributed by atoms with van der Waals surface area (Å²) in [6.45, 7) is 2.28. The van der Waals surface area contributed by atoms with E-state index in [1.807, 2.05) is 30.7 Å². The van der Waals surface area contributed by atoms with Gasteiger partial charge in [-0.3, -0.25) is 4.40 Å². The van der Waals surface area contributed by atoms with Gasteiger partial charge in [0.25, 0.3) is 0 Å². The molecule has 0 spiro atoms. The van der Waals surface area contributed by atoms with E-state index >= 15 is 0 Å². The SMILES string of the molecule is C[C@H]1CC(Nc2cnc(C#N)cn2)C[C@@H]1c1cnc2cnc3[nH]ccc3n12. The molecule has 0 aromatic carbocycles. The average Bonchev–Trinajstić information content (AvgIpc) is 3.39. The second-order valence-electron chi connectivity index (χ2n) is 7.14. The first-order valence-corrected chi connectivity index (χ1v) is 9.01. The van der Waals surface area contributed by atoms with Crippen molar-refractivity contribution in [2.75, 3.05) is 5.32 Å². The quantitative estimate of drug-likeness (QED) is 0.583. The van der Waals surface area contributed by atoms with Crippen LogP contribution in [0.15, 0.2) is 37.1 Å². The molecule has 4 heterocycles. The highest BCUT2D eigenvalue weighted by atomic mass is 15.1. The molecule has 0 aliphatic heterocycles. The van der Waals surface area contributed by atoms with Gasteiger partial charge in [-0.25, -0.2) is 19.9 Å². The molecule has 4 aromatic rings. The topological polar surface area (TPSA) is 108 Å². The fourth-order valence-electron chi connectivity index (χ4n) is 4.20. The Kier molecular flexibility index (Phi) is 3.53. The minimum atomic E-state index is 0.307. The number of H-pyrrole nitrogens is 1. The summed E-state index contributed by atoms with van der Waals surface area (Å²) in [6.07, 6.45) is 10.9. The lowest BCUT2D eigenvalue weighted by atomic mass is 9.95. The Bertz CT molecular complexity index is 1150. The second kappa shape index (κ2) is 6.06. The Morgan fingerprint density at radius 2 is 2.07 bits per heavy atom. The molecule has 27 heavy (non-hydrogen) atoms. The fraction of sp³-hybridized carbons (Fsp3) is 0.316. The van der Waals surface area contributed by atoms with Gasteiger partial charge in [0.05, 0.1) is 24.1 Å². The monoisotopic (exact) mass is 358 g/mol. The fourth-order valence-corrected chi connectivity index (χ4v) is 4.20. The lowest BCUT2D eigenvalue weighted by Crippen LogP contribution is -2.16. The van der Waals surface area contributed by atoms with Gasteiger partial charge in [0.1, 0.15) is 11.9 Å². The van der Waals surface area contributed by atoms with Crippen LogP contribution in [0.2, 0.25) is 0 Å². The zero-order valence-electron chi connectivity index (χ0n) is 14.8. The molecule has 4 aromatic heterocycles. The molecular weight excluding hydrogens is 340 g/mol. The number of imidazole rings is 1. The smallest absolute Gasteiger partial charge is 0.158 e. The Morgan fingerprint density at radius 3 is 2.89 bits per heavy atom. The number of nitrogens with zero attached hydrogens (tertiary/aromatic N) is 6. The lowest BCUT2D eigenvalue weighted by Gasteiger charge is -2.15. The van der Waals surface area contributed by atoms with Crippen molar-refractivity contribution in [3.8, 4) is 6.07 Å². The predicted molar refractivity (Wildman–Crippen MR) is 100 cm³/mol. The van der Waals surface area contributed by atoms with Crippen LogP contribution in [0.3, 0.4) is 0 Å². The van der Waals surface area contributed by atoms with Crippen molar-refractivity contribution in [1.29, 1.82) is 5.26 Å². The normalized spacial score (nSPS) is 22.3. The predicted octanol–water partition coefficient (Wildman–Crippen LogP) is 2.87. The highest BCUT2D eigenvalue weighted by Gasteiger charge is 2.34. The Morgan fingerprint density at radius 1 is 1.15 bits per heavy atom. The third-order valence-electron chi connectivity index (χ3n) is 5.45. The molecule has 0 amide bonds. The maximum absolute atomic E-state index is 8.85. The van der Waals surface area contributed by atoms with Gasteiger partial charge in [0, 0.05) is 30.0 Å². The number of aromatic nitrogens is 6. The Balaban J connectivity index is 1.43. The molecule has 8 nitrogen and oxygen atoms in total. The van der Waals surface area contributed by atoms with Gasteiger partial charge in [-0.05, 0) is 24.8 Å². The molecule has 0 saturated heterocycles. The molecular formula is C19H18N8. The van der Waals surface area contributed by atoms with Gasteiger partial charge in [-0.1, -0.05) is 6.92 Å². The summed E-state index contributed by atoms with van der Waals surface area (Å²) in [7, 11) is 0. The number of rotatable bonds is 3. The van der Waals surface area contributed by atoms with E-state index in [0.29, 0.717) is 29.4 Å². The summed E-state index contributed by atoms with van der Waals surface area (Å²) in [5, 5.41) is 12.3. The van der Waals surface area contributed by atoms with Crippen LogP contribution in [-0.2, 0) is 0 Å². The Hall–Kier alpha value is -3.47. The number of anilines is 1. The van der Waals surface area contributed by atoms with Crippen LogP contribution in [0.4, 0.5) is 5.82 Å². The van der Waals surface area contributed by atoms with E-state index in [0.717, 1.165) is 29.7 Å². The van der Waals surface area contributed by atoms with Crippen LogP contribution in [0.1, 0.15) is 37.1 Å². The van der Waals surface area contributed by atoms with E-state index in [-0.39, 0.29) is 0 Å². The number of fused-ring (bicyclic) bond motifs is 3. The zero-order valence-corrected chi connectivity index (χ0v) is 14.8. The van der Waals surface area contributed by atoms with Crippen molar-refractivity contribution in [3.63, 3.8) is 0 Å². The van der Waals surface area contributed by atoms with Gasteiger partial charge in [-0.15, -0.1) is 0 Å². The van der Waals surface area contributed by atoms with E-state index in [1.165, 1.54) is 11.9 Å². The third-order valence-corrected chi connectivity index (χ3v) is 5.45. The average molecular weight is 358 g/mol. The Labute approximate surface area is 155 Å². The maximum Gasteiger partial charge on any atom is 0.158 e. The zero-order chi connectivity index (χ0) is 18.4. The molecule has 134 valence electrons. The van der Waals surface area contributed by atoms with E-state index in [9.17, 15) is 0 Å². The van der Waals surface area contributed by atoms with Gasteiger partial charge in [0.2, 0.25) is 0 Å². The van der Waals surface area contributed by atoms with Crippen molar-refractivity contribution in [3.05, 3.63) is 48.4 Å². The third kappa shape index (κ3) is 2.59. The van der Waals surface area contributed by atoms with Gasteiger partial charge in [-0.2, -0.15) is 5.26 Å². The molecule has 5 rings (SSSR count). The van der Waals surface area contributed by atoms with Crippen LogP contribution in [0, 0.1) is 17.2 Å². The van der Waals surface area contributed by atoms with Gasteiger partial charge < -0.3 is 10.3 Å². The van der Waals surface area contributed by atoms with Gasteiger partial charge >= 0.3 is 0 Å². The summed E-state index contributed by atoms with van der Waals surface area (Å²) >= 11 is 0. The molecule has 1 aliphatic rings. The van der Waals surface area contributed by atoms with E-state index in [1.54, 1.807) is 6.20 Å². The highest BCUT2D eigenvalue weighted by Crippen LogP contribution is 2.41. The van der Waals surface area contributed by atoms with Crippen LogP contribution in [0.25, 0.3) is 16.8 Å².